The fourth-order valence-corrected chi connectivity index (χ4v) is 5.86. The first kappa shape index (κ1) is 26.2. The lowest BCUT2D eigenvalue weighted by molar-refractivity contribution is -0.117. The zero-order valence-electron chi connectivity index (χ0n) is 22.2. The van der Waals surface area contributed by atoms with Crippen LogP contribution in [0.1, 0.15) is 50.0 Å². The first-order valence-corrected chi connectivity index (χ1v) is 13.7. The van der Waals surface area contributed by atoms with E-state index in [0.717, 1.165) is 22.3 Å². The predicted octanol–water partition coefficient (Wildman–Crippen LogP) is 6.76. The van der Waals surface area contributed by atoms with Crippen LogP contribution in [0.4, 0.5) is 5.13 Å². The van der Waals surface area contributed by atoms with E-state index in [1.165, 1.54) is 11.8 Å². The number of benzene rings is 3. The standard InChI is InChI=1S/C32H24N2O6S/c1-18-30(19(2)35)41-32(33-18)34-27(21-12-14-23(15-13-21)39-17-20-8-4-3-5-9-20)26(29(37)31(34)38)28(36)25-16-22-10-6-7-11-24(22)40-25/h3-16,27,37H,17H2,1-2H3. The van der Waals surface area contributed by atoms with E-state index in [9.17, 15) is 19.5 Å². The molecule has 1 aliphatic rings. The van der Waals surface area contributed by atoms with Gasteiger partial charge >= 0.3 is 0 Å². The fraction of sp³-hybridized carbons (Fsp3) is 0.125. The first-order chi connectivity index (χ1) is 19.8. The molecule has 0 saturated carbocycles. The van der Waals surface area contributed by atoms with Gasteiger partial charge in [0.1, 0.15) is 17.9 Å². The summed E-state index contributed by atoms with van der Waals surface area (Å²) < 4.78 is 11.7. The average Bonchev–Trinajstić information content (AvgIpc) is 3.66. The van der Waals surface area contributed by atoms with Crippen LogP contribution in [-0.2, 0) is 11.4 Å². The van der Waals surface area contributed by atoms with Crippen LogP contribution in [0.15, 0.2) is 101 Å². The molecule has 0 saturated heterocycles. The third-order valence-electron chi connectivity index (χ3n) is 6.86. The third-order valence-corrected chi connectivity index (χ3v) is 8.11. The van der Waals surface area contributed by atoms with E-state index in [1.807, 2.05) is 42.5 Å². The van der Waals surface area contributed by atoms with E-state index in [2.05, 4.69) is 4.98 Å². The van der Waals surface area contributed by atoms with Gasteiger partial charge in [0.15, 0.2) is 22.4 Å². The van der Waals surface area contributed by atoms with Gasteiger partial charge in [0.2, 0.25) is 5.78 Å². The lowest BCUT2D eigenvalue weighted by atomic mass is 9.95. The number of furan rings is 1. The Morgan fingerprint density at radius 2 is 1.73 bits per heavy atom. The zero-order valence-corrected chi connectivity index (χ0v) is 23.0. The number of aryl methyl sites for hydroxylation is 1. The summed E-state index contributed by atoms with van der Waals surface area (Å²) in [5.41, 5.74) is 2.40. The van der Waals surface area contributed by atoms with Crippen LogP contribution in [0.2, 0.25) is 0 Å². The van der Waals surface area contributed by atoms with Crippen molar-refractivity contribution in [2.24, 2.45) is 0 Å². The van der Waals surface area contributed by atoms with Gasteiger partial charge in [-0.05, 0) is 42.3 Å². The molecule has 1 aliphatic heterocycles. The van der Waals surface area contributed by atoms with E-state index in [0.29, 0.717) is 34.1 Å². The molecule has 1 unspecified atom stereocenters. The normalized spacial score (nSPS) is 15.1. The molecule has 9 heteroatoms. The summed E-state index contributed by atoms with van der Waals surface area (Å²) in [6, 6.07) is 24.4. The van der Waals surface area contributed by atoms with Gasteiger partial charge in [-0.3, -0.25) is 19.3 Å². The highest BCUT2D eigenvalue weighted by molar-refractivity contribution is 7.17. The number of aliphatic hydroxyl groups is 1. The minimum absolute atomic E-state index is 0.00467. The molecule has 204 valence electrons. The SMILES string of the molecule is CC(=O)c1sc(N2C(=O)C(O)=C(C(=O)c3cc4ccccc4o3)C2c2ccc(OCc3ccccc3)cc2)nc1C. The molecule has 5 aromatic rings. The minimum Gasteiger partial charge on any atom is -0.503 e. The lowest BCUT2D eigenvalue weighted by Crippen LogP contribution is -2.31. The smallest absolute Gasteiger partial charge is 0.296 e. The summed E-state index contributed by atoms with van der Waals surface area (Å²) in [5, 5.41) is 12.0. The zero-order chi connectivity index (χ0) is 28.7. The Morgan fingerprint density at radius 3 is 2.41 bits per heavy atom. The van der Waals surface area contributed by atoms with Crippen LogP contribution in [-0.4, -0.2) is 27.6 Å². The van der Waals surface area contributed by atoms with Crippen molar-refractivity contribution in [1.29, 1.82) is 0 Å². The van der Waals surface area contributed by atoms with E-state index in [1.54, 1.807) is 49.4 Å². The second-order valence-corrected chi connectivity index (χ2v) is 10.6. The largest absolute Gasteiger partial charge is 0.503 e. The number of ether oxygens (including phenoxy) is 1. The summed E-state index contributed by atoms with van der Waals surface area (Å²) in [6.45, 7) is 3.48. The second kappa shape index (κ2) is 10.5. The average molecular weight is 565 g/mol. The number of carbonyl (C=O) groups is 3. The molecule has 6 rings (SSSR count). The molecule has 0 radical (unpaired) electrons. The highest BCUT2D eigenvalue weighted by atomic mass is 32.1. The van der Waals surface area contributed by atoms with Crippen LogP contribution in [0.25, 0.3) is 11.0 Å². The van der Waals surface area contributed by atoms with Gasteiger partial charge in [-0.1, -0.05) is 72.0 Å². The molecule has 2 aromatic heterocycles. The molecular weight excluding hydrogens is 540 g/mol. The summed E-state index contributed by atoms with van der Waals surface area (Å²) in [4.78, 5) is 45.7. The number of amides is 1. The van der Waals surface area contributed by atoms with E-state index in [-0.39, 0.29) is 22.2 Å². The number of fused-ring (bicyclic) bond motifs is 1. The number of nitrogens with zero attached hydrogens (tertiary/aromatic N) is 2. The Labute approximate surface area is 239 Å². The molecule has 0 bridgehead atoms. The number of Topliss-reactive ketones (excluding diaryl/α,β-unsaturated/α-hetero) is 2. The number of aromatic nitrogens is 1. The van der Waals surface area contributed by atoms with Crippen LogP contribution in [0.3, 0.4) is 0 Å². The van der Waals surface area contributed by atoms with E-state index in [4.69, 9.17) is 9.15 Å². The topological polar surface area (TPSA) is 110 Å². The van der Waals surface area contributed by atoms with Gasteiger partial charge in [0, 0.05) is 12.3 Å². The number of aliphatic hydroxyl groups excluding tert-OH is 1. The Kier molecular flexibility index (Phi) is 6.72. The first-order valence-electron chi connectivity index (χ1n) is 12.9. The predicted molar refractivity (Wildman–Crippen MR) is 154 cm³/mol. The maximum Gasteiger partial charge on any atom is 0.296 e. The fourth-order valence-electron chi connectivity index (χ4n) is 4.88. The van der Waals surface area contributed by atoms with Crippen LogP contribution in [0.5, 0.6) is 5.75 Å². The van der Waals surface area contributed by atoms with Crippen molar-refractivity contribution in [3.05, 3.63) is 124 Å². The monoisotopic (exact) mass is 564 g/mol. The lowest BCUT2D eigenvalue weighted by Gasteiger charge is -2.24. The molecule has 0 fully saturated rings. The molecule has 3 heterocycles. The summed E-state index contributed by atoms with van der Waals surface area (Å²) in [5.74, 6) is -1.70. The van der Waals surface area contributed by atoms with Crippen molar-refractivity contribution in [2.45, 2.75) is 26.5 Å². The number of hydrogen-bond donors (Lipinski definition) is 1. The third kappa shape index (κ3) is 4.81. The van der Waals surface area contributed by atoms with Crippen molar-refractivity contribution < 1.29 is 28.6 Å². The van der Waals surface area contributed by atoms with Crippen molar-refractivity contribution in [2.75, 3.05) is 4.90 Å². The summed E-state index contributed by atoms with van der Waals surface area (Å²) >= 11 is 1.04. The number of carbonyl (C=O) groups excluding carboxylic acids is 3. The van der Waals surface area contributed by atoms with Crippen LogP contribution >= 0.6 is 11.3 Å². The highest BCUT2D eigenvalue weighted by Gasteiger charge is 2.46. The molecule has 1 N–H and O–H groups in total. The molecule has 1 amide bonds. The van der Waals surface area contributed by atoms with Gasteiger partial charge in [0.05, 0.1) is 22.2 Å². The Morgan fingerprint density at radius 1 is 1.02 bits per heavy atom. The van der Waals surface area contributed by atoms with Crippen molar-refractivity contribution in [1.82, 2.24) is 4.98 Å². The summed E-state index contributed by atoms with van der Waals surface area (Å²) in [7, 11) is 0. The van der Waals surface area contributed by atoms with Crippen molar-refractivity contribution in [3.63, 3.8) is 0 Å². The van der Waals surface area contributed by atoms with Gasteiger partial charge in [-0.2, -0.15) is 0 Å². The molecule has 41 heavy (non-hydrogen) atoms. The number of hydrogen-bond acceptors (Lipinski definition) is 8. The Bertz CT molecular complexity index is 1800. The quantitative estimate of drug-likeness (QED) is 0.207. The maximum atomic E-state index is 13.9. The van der Waals surface area contributed by atoms with Gasteiger partial charge in [0.25, 0.3) is 5.91 Å². The molecule has 1 atom stereocenters. The number of ketones is 2. The number of thiazole rings is 1. The van der Waals surface area contributed by atoms with Gasteiger partial charge in [-0.25, -0.2) is 4.98 Å². The summed E-state index contributed by atoms with van der Waals surface area (Å²) in [6.07, 6.45) is 0. The highest BCUT2D eigenvalue weighted by Crippen LogP contribution is 2.44. The van der Waals surface area contributed by atoms with Crippen molar-refractivity contribution in [3.8, 4) is 5.75 Å². The number of para-hydroxylation sites is 1. The van der Waals surface area contributed by atoms with E-state index >= 15 is 0 Å². The maximum absolute atomic E-state index is 13.9. The molecule has 8 nitrogen and oxygen atoms in total. The second-order valence-electron chi connectivity index (χ2n) is 9.63. The minimum atomic E-state index is -1.02. The molecule has 0 spiro atoms. The molecule has 3 aromatic carbocycles. The molecular formula is C32H24N2O6S. The van der Waals surface area contributed by atoms with Gasteiger partial charge in [-0.15, -0.1) is 0 Å². The van der Waals surface area contributed by atoms with Crippen LogP contribution < -0.4 is 9.64 Å². The Balaban J connectivity index is 1.40. The number of anilines is 1. The Hall–Kier alpha value is -5.02. The molecule has 0 aliphatic carbocycles. The van der Waals surface area contributed by atoms with E-state index < -0.39 is 23.5 Å². The van der Waals surface area contributed by atoms with Crippen molar-refractivity contribution >= 4 is 44.9 Å². The van der Waals surface area contributed by atoms with Crippen LogP contribution in [0, 0.1) is 6.92 Å². The number of rotatable bonds is 8. The van der Waals surface area contributed by atoms with Gasteiger partial charge < -0.3 is 14.3 Å².